The van der Waals surface area contributed by atoms with E-state index in [-0.39, 0.29) is 6.07 Å². The Morgan fingerprint density at radius 3 is 1.35 bits per heavy atom. The van der Waals surface area contributed by atoms with Crippen LogP contribution >= 0.6 is 0 Å². The second-order valence-electron chi connectivity index (χ2n) is 5.17. The van der Waals surface area contributed by atoms with Crippen molar-refractivity contribution in [3.05, 3.63) is 34.4 Å². The molecule has 0 bridgehead atoms. The molecule has 0 aliphatic carbocycles. The van der Waals surface area contributed by atoms with Gasteiger partial charge in [0.2, 0.25) is 0 Å². The third-order valence-corrected chi connectivity index (χ3v) is 3.06. The van der Waals surface area contributed by atoms with Gasteiger partial charge in [0.1, 0.15) is 0 Å². The van der Waals surface area contributed by atoms with Crippen LogP contribution in [0.5, 0.6) is 0 Å². The van der Waals surface area contributed by atoms with Crippen molar-refractivity contribution in [2.24, 2.45) is 5.92 Å². The van der Waals surface area contributed by atoms with Gasteiger partial charge in [-0.2, -0.15) is 39.5 Å². The van der Waals surface area contributed by atoms with Gasteiger partial charge in [0, 0.05) is 0 Å². The standard InChI is InChI=1S/C13H11F9O/c1-5(2)10(23)6-3-8(12(17,18)19)9(13(20,21)22)4-7(6)11(14,15)16/h3-5,10,23H,1-2H3. The minimum atomic E-state index is -5.63. The quantitative estimate of drug-likeness (QED) is 0.702. The Kier molecular flexibility index (Phi) is 5.01. The number of rotatable bonds is 2. The highest BCUT2D eigenvalue weighted by Crippen LogP contribution is 2.46. The number of aliphatic hydroxyl groups is 1. The Labute approximate surface area is 124 Å². The molecular formula is C13H11F9O. The number of halogens is 9. The summed E-state index contributed by atoms with van der Waals surface area (Å²) in [7, 11) is 0. The zero-order valence-corrected chi connectivity index (χ0v) is 11.7. The van der Waals surface area contributed by atoms with E-state index < -0.39 is 58.9 Å². The van der Waals surface area contributed by atoms with Crippen LogP contribution in [-0.2, 0) is 18.5 Å². The van der Waals surface area contributed by atoms with Crippen molar-refractivity contribution in [3.8, 4) is 0 Å². The van der Waals surface area contributed by atoms with Gasteiger partial charge in [0.05, 0.1) is 22.8 Å². The molecule has 0 spiro atoms. The van der Waals surface area contributed by atoms with Crippen molar-refractivity contribution in [1.82, 2.24) is 0 Å². The molecule has 10 heteroatoms. The fourth-order valence-electron chi connectivity index (χ4n) is 1.93. The van der Waals surface area contributed by atoms with Crippen LogP contribution in [0, 0.1) is 5.92 Å². The first kappa shape index (κ1) is 19.6. The smallest absolute Gasteiger partial charge is 0.388 e. The van der Waals surface area contributed by atoms with Crippen LogP contribution in [0.4, 0.5) is 39.5 Å². The number of alkyl halides is 9. The van der Waals surface area contributed by atoms with Crippen molar-refractivity contribution in [1.29, 1.82) is 0 Å². The molecule has 0 aromatic heterocycles. The Morgan fingerprint density at radius 1 is 0.696 bits per heavy atom. The summed E-state index contributed by atoms with van der Waals surface area (Å²) >= 11 is 0. The van der Waals surface area contributed by atoms with E-state index in [1.165, 1.54) is 13.8 Å². The largest absolute Gasteiger partial charge is 0.417 e. The Balaban J connectivity index is 3.84. The average molecular weight is 354 g/mol. The highest BCUT2D eigenvalue weighted by atomic mass is 19.4. The molecule has 1 N–H and O–H groups in total. The number of hydrogen-bond donors (Lipinski definition) is 1. The van der Waals surface area contributed by atoms with Gasteiger partial charge in [-0.25, -0.2) is 0 Å². The van der Waals surface area contributed by atoms with E-state index >= 15 is 0 Å². The summed E-state index contributed by atoms with van der Waals surface area (Å²) in [5.74, 6) is -0.936. The lowest BCUT2D eigenvalue weighted by Gasteiger charge is -2.24. The van der Waals surface area contributed by atoms with Gasteiger partial charge in [0.15, 0.2) is 0 Å². The summed E-state index contributed by atoms with van der Waals surface area (Å²) in [5.41, 5.74) is -7.91. The highest BCUT2D eigenvalue weighted by Gasteiger charge is 2.47. The van der Waals surface area contributed by atoms with Crippen molar-refractivity contribution >= 4 is 0 Å². The first-order chi connectivity index (χ1) is 10.1. The third-order valence-electron chi connectivity index (χ3n) is 3.06. The Morgan fingerprint density at radius 2 is 1.04 bits per heavy atom. The molecule has 0 amide bonds. The molecule has 0 saturated carbocycles. The van der Waals surface area contributed by atoms with Gasteiger partial charge in [0.25, 0.3) is 0 Å². The molecule has 1 nitrogen and oxygen atoms in total. The topological polar surface area (TPSA) is 20.2 Å². The SMILES string of the molecule is CC(C)C(O)c1cc(C(F)(F)F)c(C(F)(F)F)cc1C(F)(F)F. The van der Waals surface area contributed by atoms with E-state index in [2.05, 4.69) is 0 Å². The van der Waals surface area contributed by atoms with E-state index in [4.69, 9.17) is 0 Å². The minimum Gasteiger partial charge on any atom is -0.388 e. The fraction of sp³-hybridized carbons (Fsp3) is 0.538. The van der Waals surface area contributed by atoms with Crippen LogP contribution in [0.15, 0.2) is 12.1 Å². The molecule has 0 radical (unpaired) electrons. The molecule has 1 aromatic rings. The van der Waals surface area contributed by atoms with Crippen LogP contribution in [0.1, 0.15) is 42.2 Å². The molecule has 23 heavy (non-hydrogen) atoms. The van der Waals surface area contributed by atoms with Gasteiger partial charge in [-0.3, -0.25) is 0 Å². The fourth-order valence-corrected chi connectivity index (χ4v) is 1.93. The predicted molar refractivity (Wildman–Crippen MR) is 61.2 cm³/mol. The lowest BCUT2D eigenvalue weighted by Crippen LogP contribution is -2.22. The summed E-state index contributed by atoms with van der Waals surface area (Å²) in [6, 6.07) is -0.889. The van der Waals surface area contributed by atoms with Crippen molar-refractivity contribution in [2.75, 3.05) is 0 Å². The molecule has 1 unspecified atom stereocenters. The lowest BCUT2D eigenvalue weighted by atomic mass is 9.90. The van der Waals surface area contributed by atoms with Crippen molar-refractivity contribution in [3.63, 3.8) is 0 Å². The van der Waals surface area contributed by atoms with Crippen molar-refractivity contribution in [2.45, 2.75) is 38.5 Å². The first-order valence-corrected chi connectivity index (χ1v) is 6.14. The zero-order chi connectivity index (χ0) is 18.4. The summed E-state index contributed by atoms with van der Waals surface area (Å²) < 4.78 is 115. The Hall–Kier alpha value is -1.45. The predicted octanol–water partition coefficient (Wildman–Crippen LogP) is 5.43. The van der Waals surface area contributed by atoms with Gasteiger partial charge < -0.3 is 5.11 Å². The molecule has 1 atom stereocenters. The Bertz CT molecular complexity index is 567. The second-order valence-corrected chi connectivity index (χ2v) is 5.17. The monoisotopic (exact) mass is 354 g/mol. The third kappa shape index (κ3) is 4.30. The normalized spacial score (nSPS) is 15.2. The molecule has 0 aliphatic rings. The van der Waals surface area contributed by atoms with Gasteiger partial charge >= 0.3 is 18.5 Å². The maximum absolute atomic E-state index is 12.9. The summed E-state index contributed by atoms with van der Waals surface area (Å²) in [4.78, 5) is 0. The molecule has 1 aromatic carbocycles. The average Bonchev–Trinajstić information content (AvgIpc) is 2.32. The lowest BCUT2D eigenvalue weighted by molar-refractivity contribution is -0.164. The van der Waals surface area contributed by atoms with E-state index in [1.54, 1.807) is 0 Å². The number of aliphatic hydroxyl groups excluding tert-OH is 1. The maximum atomic E-state index is 12.9. The van der Waals surface area contributed by atoms with E-state index in [1.807, 2.05) is 0 Å². The van der Waals surface area contributed by atoms with Crippen LogP contribution in [0.2, 0.25) is 0 Å². The van der Waals surface area contributed by atoms with Gasteiger partial charge in [-0.15, -0.1) is 0 Å². The molecular weight excluding hydrogens is 343 g/mol. The van der Waals surface area contributed by atoms with Gasteiger partial charge in [-0.1, -0.05) is 13.8 Å². The summed E-state index contributed by atoms with van der Waals surface area (Å²) in [5, 5.41) is 9.68. The molecule has 0 fully saturated rings. The minimum absolute atomic E-state index is 0.281. The van der Waals surface area contributed by atoms with Crippen LogP contribution in [0.3, 0.4) is 0 Å². The summed E-state index contributed by atoms with van der Waals surface area (Å²) in [6.07, 6.45) is -18.5. The first-order valence-electron chi connectivity index (χ1n) is 6.14. The zero-order valence-electron chi connectivity index (χ0n) is 11.7. The van der Waals surface area contributed by atoms with Crippen LogP contribution in [0.25, 0.3) is 0 Å². The molecule has 132 valence electrons. The van der Waals surface area contributed by atoms with Crippen LogP contribution < -0.4 is 0 Å². The molecule has 0 aliphatic heterocycles. The van der Waals surface area contributed by atoms with Gasteiger partial charge in [-0.05, 0) is 23.6 Å². The van der Waals surface area contributed by atoms with E-state index in [0.717, 1.165) is 0 Å². The van der Waals surface area contributed by atoms with E-state index in [9.17, 15) is 44.6 Å². The number of hydrogen-bond acceptors (Lipinski definition) is 1. The second kappa shape index (κ2) is 5.88. The molecule has 0 heterocycles. The van der Waals surface area contributed by atoms with Crippen molar-refractivity contribution < 1.29 is 44.6 Å². The van der Waals surface area contributed by atoms with E-state index in [0.29, 0.717) is 0 Å². The maximum Gasteiger partial charge on any atom is 0.417 e. The highest BCUT2D eigenvalue weighted by molar-refractivity contribution is 5.44. The van der Waals surface area contributed by atoms with Crippen LogP contribution in [-0.4, -0.2) is 5.11 Å². The number of benzene rings is 1. The summed E-state index contributed by atoms with van der Waals surface area (Å²) in [6.45, 7) is 2.44. The molecule has 1 rings (SSSR count). The molecule has 0 saturated heterocycles.